The SMILES string of the molecule is CCC1CC=C(S(C)=O)C(C(C)C(C)c2cccc(N=CC(=O)C=CC(C)C)c2)=NC1Nc1ccc(OCCOC)cc1. The van der Waals surface area contributed by atoms with Crippen LogP contribution in [0.5, 0.6) is 5.75 Å². The highest BCUT2D eigenvalue weighted by Crippen LogP contribution is 2.34. The van der Waals surface area contributed by atoms with E-state index in [1.165, 1.54) is 6.21 Å². The Morgan fingerprint density at radius 2 is 1.86 bits per heavy atom. The molecule has 0 aromatic heterocycles. The van der Waals surface area contributed by atoms with Gasteiger partial charge in [0.05, 0.1) is 39.9 Å². The summed E-state index contributed by atoms with van der Waals surface area (Å²) in [4.78, 5) is 22.7. The van der Waals surface area contributed by atoms with Crippen LogP contribution in [0.15, 0.2) is 81.6 Å². The fourth-order valence-corrected chi connectivity index (χ4v) is 5.76. The van der Waals surface area contributed by atoms with Crippen molar-refractivity contribution in [1.82, 2.24) is 0 Å². The maximum absolute atomic E-state index is 13.0. The summed E-state index contributed by atoms with van der Waals surface area (Å²) in [5.41, 5.74) is 3.63. The third kappa shape index (κ3) is 10.4. The highest BCUT2D eigenvalue weighted by molar-refractivity contribution is 7.89. The lowest BCUT2D eigenvalue weighted by Gasteiger charge is -2.27. The Balaban J connectivity index is 1.86. The number of nitrogens with one attached hydrogen (secondary N) is 1. The van der Waals surface area contributed by atoms with Gasteiger partial charge in [0, 0.05) is 30.9 Å². The van der Waals surface area contributed by atoms with Crippen molar-refractivity contribution in [2.24, 2.45) is 27.7 Å². The van der Waals surface area contributed by atoms with Crippen LogP contribution >= 0.6 is 0 Å². The average Bonchev–Trinajstić information content (AvgIpc) is 3.18. The molecule has 1 aliphatic heterocycles. The predicted molar refractivity (Wildman–Crippen MR) is 180 cm³/mol. The van der Waals surface area contributed by atoms with E-state index in [0.717, 1.165) is 46.1 Å². The highest BCUT2D eigenvalue weighted by Gasteiger charge is 2.30. The van der Waals surface area contributed by atoms with E-state index in [-0.39, 0.29) is 29.7 Å². The summed E-state index contributed by atoms with van der Waals surface area (Å²) >= 11 is 0. The summed E-state index contributed by atoms with van der Waals surface area (Å²) in [7, 11) is 0.472. The molecule has 5 unspecified atom stereocenters. The molecule has 2 aromatic rings. The van der Waals surface area contributed by atoms with Crippen molar-refractivity contribution >= 4 is 39.9 Å². The van der Waals surface area contributed by atoms with E-state index in [1.807, 2.05) is 62.4 Å². The molecule has 1 N–H and O–H groups in total. The molecule has 1 heterocycles. The van der Waals surface area contributed by atoms with Crippen LogP contribution in [0.3, 0.4) is 0 Å². The molecule has 8 heteroatoms. The van der Waals surface area contributed by atoms with E-state index in [0.29, 0.717) is 19.1 Å². The number of benzene rings is 2. The third-order valence-corrected chi connectivity index (χ3v) is 8.70. The smallest absolute Gasteiger partial charge is 0.196 e. The molecule has 0 radical (unpaired) electrons. The molecule has 3 rings (SSSR count). The quantitative estimate of drug-likeness (QED) is 0.129. The number of hydrogen-bond donors (Lipinski definition) is 1. The number of rotatable bonds is 15. The Morgan fingerprint density at radius 1 is 1.12 bits per heavy atom. The summed E-state index contributed by atoms with van der Waals surface area (Å²) < 4.78 is 23.8. The van der Waals surface area contributed by atoms with E-state index in [1.54, 1.807) is 19.4 Å². The molecule has 5 atom stereocenters. The molecule has 0 fully saturated rings. The van der Waals surface area contributed by atoms with Crippen LogP contribution < -0.4 is 10.1 Å². The van der Waals surface area contributed by atoms with E-state index >= 15 is 0 Å². The maximum Gasteiger partial charge on any atom is 0.196 e. The van der Waals surface area contributed by atoms with Crippen molar-refractivity contribution in [2.45, 2.75) is 59.5 Å². The van der Waals surface area contributed by atoms with E-state index in [9.17, 15) is 9.00 Å². The Hall–Kier alpha value is -3.36. The molecule has 0 saturated carbocycles. The fraction of sp³-hybridized carbons (Fsp3) is 0.457. The number of anilines is 1. The minimum Gasteiger partial charge on any atom is -0.491 e. The zero-order chi connectivity index (χ0) is 31.4. The van der Waals surface area contributed by atoms with Crippen molar-refractivity contribution in [3.8, 4) is 5.75 Å². The zero-order valence-electron chi connectivity index (χ0n) is 26.6. The molecule has 0 spiro atoms. The van der Waals surface area contributed by atoms with Gasteiger partial charge in [-0.2, -0.15) is 0 Å². The molecule has 0 saturated heterocycles. The number of nitrogens with zero attached hydrogens (tertiary/aromatic N) is 2. The second-order valence-electron chi connectivity index (χ2n) is 11.3. The van der Waals surface area contributed by atoms with Gasteiger partial charge in [-0.3, -0.25) is 19.0 Å². The zero-order valence-corrected chi connectivity index (χ0v) is 27.4. The summed E-state index contributed by atoms with van der Waals surface area (Å²) in [6.07, 6.45) is 10.2. The van der Waals surface area contributed by atoms with Gasteiger partial charge in [-0.25, -0.2) is 0 Å². The summed E-state index contributed by atoms with van der Waals surface area (Å²) in [6, 6.07) is 15.8. The largest absolute Gasteiger partial charge is 0.491 e. The van der Waals surface area contributed by atoms with Crippen LogP contribution in [0.4, 0.5) is 11.4 Å². The summed E-state index contributed by atoms with van der Waals surface area (Å²) in [5, 5.41) is 3.64. The first kappa shape index (κ1) is 34.1. The van der Waals surface area contributed by atoms with Gasteiger partial charge < -0.3 is 14.8 Å². The Kier molecular flexibility index (Phi) is 13.5. The number of carbonyl (C=O) groups excluding carboxylic acids is 1. The fourth-order valence-electron chi connectivity index (χ4n) is 4.90. The molecule has 0 amide bonds. The van der Waals surface area contributed by atoms with Crippen molar-refractivity contribution in [3.05, 3.63) is 77.2 Å². The van der Waals surface area contributed by atoms with Crippen molar-refractivity contribution < 1.29 is 18.5 Å². The number of hydrogen-bond acceptors (Lipinski definition) is 7. The van der Waals surface area contributed by atoms with E-state index in [2.05, 4.69) is 43.2 Å². The maximum atomic E-state index is 13.0. The van der Waals surface area contributed by atoms with Gasteiger partial charge in [0.15, 0.2) is 5.78 Å². The summed E-state index contributed by atoms with van der Waals surface area (Å²) in [6.45, 7) is 11.6. The highest BCUT2D eigenvalue weighted by atomic mass is 32.2. The monoisotopic (exact) mass is 605 g/mol. The molecule has 232 valence electrons. The van der Waals surface area contributed by atoms with Crippen LogP contribution in [0.1, 0.15) is 58.9 Å². The first-order valence-corrected chi connectivity index (χ1v) is 16.6. The molecule has 1 aliphatic rings. The second kappa shape index (κ2) is 17.1. The normalized spacial score (nSPS) is 19.5. The predicted octanol–water partition coefficient (Wildman–Crippen LogP) is 7.51. The van der Waals surface area contributed by atoms with Crippen LogP contribution in [-0.2, 0) is 20.3 Å². The van der Waals surface area contributed by atoms with Crippen molar-refractivity contribution in [1.29, 1.82) is 0 Å². The molecule has 43 heavy (non-hydrogen) atoms. The molecule has 0 bridgehead atoms. The number of methoxy groups -OCH3 is 1. The van der Waals surface area contributed by atoms with Crippen LogP contribution in [-0.4, -0.2) is 54.7 Å². The van der Waals surface area contributed by atoms with Crippen LogP contribution in [0, 0.1) is 17.8 Å². The van der Waals surface area contributed by atoms with Crippen molar-refractivity contribution in [3.63, 3.8) is 0 Å². The van der Waals surface area contributed by atoms with Crippen LogP contribution in [0.2, 0.25) is 0 Å². The lowest BCUT2D eigenvalue weighted by molar-refractivity contribution is -0.108. The van der Waals surface area contributed by atoms with Gasteiger partial charge in [0.1, 0.15) is 18.5 Å². The Labute approximate surface area is 260 Å². The Morgan fingerprint density at radius 3 is 2.51 bits per heavy atom. The average molecular weight is 606 g/mol. The van der Waals surface area contributed by atoms with Crippen molar-refractivity contribution in [2.75, 3.05) is 31.9 Å². The number of ketones is 1. The van der Waals surface area contributed by atoms with Gasteiger partial charge in [0.2, 0.25) is 0 Å². The molecule has 7 nitrogen and oxygen atoms in total. The first-order valence-electron chi connectivity index (χ1n) is 15.1. The van der Waals surface area contributed by atoms with E-state index in [4.69, 9.17) is 14.5 Å². The number of allylic oxidation sites excluding steroid dienone is 4. The van der Waals surface area contributed by atoms with Gasteiger partial charge in [-0.1, -0.05) is 58.9 Å². The lowest BCUT2D eigenvalue weighted by atomic mass is 9.85. The van der Waals surface area contributed by atoms with Gasteiger partial charge in [-0.05, 0) is 72.7 Å². The molecule has 2 aromatic carbocycles. The number of ether oxygens (including phenoxy) is 2. The second-order valence-corrected chi connectivity index (χ2v) is 12.7. The minimum atomic E-state index is -1.18. The van der Waals surface area contributed by atoms with Gasteiger partial charge >= 0.3 is 0 Å². The van der Waals surface area contributed by atoms with E-state index < -0.39 is 10.8 Å². The topological polar surface area (TPSA) is 89.4 Å². The molecule has 0 aliphatic carbocycles. The minimum absolute atomic E-state index is 0.0125. The third-order valence-electron chi connectivity index (χ3n) is 7.71. The lowest BCUT2D eigenvalue weighted by Crippen LogP contribution is -2.29. The van der Waals surface area contributed by atoms with Gasteiger partial charge in [-0.15, -0.1) is 0 Å². The van der Waals surface area contributed by atoms with Crippen LogP contribution in [0.25, 0.3) is 0 Å². The molecular formula is C35H47N3O4S. The Bertz CT molecular complexity index is 1350. The number of carbonyl (C=O) groups is 1. The first-order chi connectivity index (χ1) is 20.6. The summed E-state index contributed by atoms with van der Waals surface area (Å²) in [5.74, 6) is 1.26. The number of aliphatic imine (C=N–C) groups is 2. The van der Waals surface area contributed by atoms with Gasteiger partial charge in [0.25, 0.3) is 0 Å². The standard InChI is InChI=1S/C35H47N3O4S/c1-8-27-13-19-33(43(7)40)34(38-35(27)37-29-14-17-32(18-15-29)42-21-20-41-6)26(5)25(4)28-10-9-11-30(22-28)36-23-31(39)16-12-24(2)3/h9-12,14-19,22-27,35,37H,8,13,20-21H2,1-7H3. The molecular weight excluding hydrogens is 558 g/mol.